The summed E-state index contributed by atoms with van der Waals surface area (Å²) in [5.74, 6) is 0. The third-order valence-corrected chi connectivity index (χ3v) is 12.9. The van der Waals surface area contributed by atoms with E-state index in [4.69, 9.17) is 13.9 Å². The SMILES string of the molecule is CCCCCCCCCCCC[C@@H](O[Si](C)(C)C(C)(C)C)[C@@H]1CC[C@@H]([C@@H]2CC[C@@H](CO)O2)O1. The average Bonchev–Trinajstić information content (AvgIpc) is 3.42. The van der Waals surface area contributed by atoms with Crippen molar-refractivity contribution < 1.29 is 19.0 Å². The highest BCUT2D eigenvalue weighted by molar-refractivity contribution is 6.74. The second-order valence-electron chi connectivity index (χ2n) is 12.2. The number of hydrogen-bond donors (Lipinski definition) is 1. The maximum atomic E-state index is 9.41. The predicted octanol–water partition coefficient (Wildman–Crippen LogP) is 7.78. The maximum absolute atomic E-state index is 9.41. The number of ether oxygens (including phenoxy) is 2. The molecule has 0 radical (unpaired) electrons. The van der Waals surface area contributed by atoms with Crippen LogP contribution in [0.5, 0.6) is 0 Å². The van der Waals surface area contributed by atoms with Gasteiger partial charge in [0.05, 0.1) is 37.1 Å². The lowest BCUT2D eigenvalue weighted by Crippen LogP contribution is -2.47. The van der Waals surface area contributed by atoms with Gasteiger partial charge in [0.1, 0.15) is 0 Å². The molecule has 33 heavy (non-hydrogen) atoms. The zero-order valence-corrected chi connectivity index (χ0v) is 23.9. The van der Waals surface area contributed by atoms with Crippen molar-refractivity contribution in [2.24, 2.45) is 0 Å². The van der Waals surface area contributed by atoms with Crippen molar-refractivity contribution in [2.45, 2.75) is 173 Å². The molecule has 2 rings (SSSR count). The summed E-state index contributed by atoms with van der Waals surface area (Å²) in [4.78, 5) is 0. The molecule has 2 fully saturated rings. The Hall–Kier alpha value is 0.0569. The summed E-state index contributed by atoms with van der Waals surface area (Å²) in [6, 6.07) is 0. The van der Waals surface area contributed by atoms with Crippen molar-refractivity contribution in [3.8, 4) is 0 Å². The Labute approximate surface area is 206 Å². The molecule has 0 bridgehead atoms. The Morgan fingerprint density at radius 1 is 0.818 bits per heavy atom. The van der Waals surface area contributed by atoms with Crippen LogP contribution in [0.2, 0.25) is 18.1 Å². The van der Waals surface area contributed by atoms with Gasteiger partial charge in [-0.3, -0.25) is 0 Å². The molecule has 0 aliphatic carbocycles. The minimum absolute atomic E-state index is 0.00331. The second kappa shape index (κ2) is 14.6. The summed E-state index contributed by atoms with van der Waals surface area (Å²) < 4.78 is 19.6. The maximum Gasteiger partial charge on any atom is 0.192 e. The zero-order valence-electron chi connectivity index (χ0n) is 22.9. The molecule has 0 amide bonds. The Morgan fingerprint density at radius 2 is 1.36 bits per heavy atom. The molecule has 0 aromatic heterocycles. The zero-order chi connectivity index (χ0) is 24.3. The van der Waals surface area contributed by atoms with E-state index in [9.17, 15) is 5.11 Å². The van der Waals surface area contributed by atoms with Gasteiger partial charge < -0.3 is 19.0 Å². The van der Waals surface area contributed by atoms with Crippen LogP contribution in [0.4, 0.5) is 0 Å². The van der Waals surface area contributed by atoms with E-state index in [1.54, 1.807) is 0 Å². The van der Waals surface area contributed by atoms with Crippen LogP contribution in [-0.2, 0) is 13.9 Å². The molecular weight excluding hydrogens is 428 g/mol. The van der Waals surface area contributed by atoms with Crippen LogP contribution in [0.1, 0.15) is 124 Å². The van der Waals surface area contributed by atoms with E-state index < -0.39 is 8.32 Å². The Balaban J connectivity index is 1.79. The van der Waals surface area contributed by atoms with Gasteiger partial charge in [-0.2, -0.15) is 0 Å². The lowest BCUT2D eigenvalue weighted by atomic mass is 10.0. The molecule has 0 spiro atoms. The van der Waals surface area contributed by atoms with Crippen LogP contribution >= 0.6 is 0 Å². The van der Waals surface area contributed by atoms with Crippen molar-refractivity contribution in [3.63, 3.8) is 0 Å². The smallest absolute Gasteiger partial charge is 0.192 e. The third-order valence-electron chi connectivity index (χ3n) is 8.35. The van der Waals surface area contributed by atoms with E-state index in [0.717, 1.165) is 32.1 Å². The standard InChI is InChI=1S/C28H56O4Si/c1-7-8-9-10-11-12-13-14-15-16-17-27(32-33(5,6)28(2,3)4)26-21-20-25(31-26)24-19-18-23(22-29)30-24/h23-27,29H,7-22H2,1-6H3/t23-,24-,25-,26-,27+/m0/s1. The van der Waals surface area contributed by atoms with E-state index in [-0.39, 0.29) is 42.2 Å². The lowest BCUT2D eigenvalue weighted by molar-refractivity contribution is -0.0958. The number of aliphatic hydroxyl groups excluding tert-OH is 1. The minimum atomic E-state index is -1.85. The van der Waals surface area contributed by atoms with Crippen molar-refractivity contribution in [2.75, 3.05) is 6.61 Å². The topological polar surface area (TPSA) is 47.9 Å². The first-order chi connectivity index (χ1) is 15.7. The Morgan fingerprint density at radius 3 is 1.91 bits per heavy atom. The van der Waals surface area contributed by atoms with Gasteiger partial charge in [0.15, 0.2) is 8.32 Å². The molecular formula is C28H56O4Si. The molecule has 0 saturated carbocycles. The fraction of sp³-hybridized carbons (Fsp3) is 1.00. The quantitative estimate of drug-likeness (QED) is 0.179. The molecule has 2 aliphatic rings. The molecule has 1 N–H and O–H groups in total. The molecule has 2 aliphatic heterocycles. The van der Waals surface area contributed by atoms with Crippen molar-refractivity contribution in [1.82, 2.24) is 0 Å². The van der Waals surface area contributed by atoms with Crippen LogP contribution in [-0.4, -0.2) is 50.6 Å². The van der Waals surface area contributed by atoms with Crippen molar-refractivity contribution in [1.29, 1.82) is 0 Å². The van der Waals surface area contributed by atoms with Crippen molar-refractivity contribution in [3.05, 3.63) is 0 Å². The predicted molar refractivity (Wildman–Crippen MR) is 141 cm³/mol. The third kappa shape index (κ3) is 9.91. The van der Waals surface area contributed by atoms with Gasteiger partial charge in [0, 0.05) is 0 Å². The number of rotatable bonds is 16. The summed E-state index contributed by atoms with van der Waals surface area (Å²) >= 11 is 0. The lowest BCUT2D eigenvalue weighted by Gasteiger charge is -2.41. The first-order valence-corrected chi connectivity index (χ1v) is 17.2. The van der Waals surface area contributed by atoms with Crippen LogP contribution in [0.3, 0.4) is 0 Å². The number of hydrogen-bond acceptors (Lipinski definition) is 4. The molecule has 0 unspecified atom stereocenters. The van der Waals surface area contributed by atoms with E-state index in [2.05, 4.69) is 40.8 Å². The molecule has 2 heterocycles. The van der Waals surface area contributed by atoms with Crippen LogP contribution in [0.25, 0.3) is 0 Å². The van der Waals surface area contributed by atoms with Gasteiger partial charge in [0.2, 0.25) is 0 Å². The van der Waals surface area contributed by atoms with Crippen molar-refractivity contribution >= 4 is 8.32 Å². The Kier molecular flexibility index (Phi) is 12.9. The highest BCUT2D eigenvalue weighted by Crippen LogP contribution is 2.40. The summed E-state index contributed by atoms with van der Waals surface area (Å²) in [6.45, 7) is 14.1. The van der Waals surface area contributed by atoms with Crippen LogP contribution in [0.15, 0.2) is 0 Å². The average molecular weight is 485 g/mol. The van der Waals surface area contributed by atoms with E-state index >= 15 is 0 Å². The van der Waals surface area contributed by atoms with Gasteiger partial charge in [-0.1, -0.05) is 91.9 Å². The van der Waals surface area contributed by atoms with Crippen LogP contribution < -0.4 is 0 Å². The molecule has 0 aromatic carbocycles. The molecule has 196 valence electrons. The van der Waals surface area contributed by atoms with E-state index in [1.807, 2.05) is 0 Å². The summed E-state index contributed by atoms with van der Waals surface area (Å²) in [5, 5.41) is 9.62. The summed E-state index contributed by atoms with van der Waals surface area (Å²) in [6.07, 6.45) is 19.6. The first kappa shape index (κ1) is 29.3. The molecule has 5 heteroatoms. The first-order valence-electron chi connectivity index (χ1n) is 14.3. The number of unbranched alkanes of at least 4 members (excludes halogenated alkanes) is 9. The Bertz CT molecular complexity index is 519. The largest absolute Gasteiger partial charge is 0.411 e. The minimum Gasteiger partial charge on any atom is -0.411 e. The van der Waals surface area contributed by atoms with Gasteiger partial charge in [-0.15, -0.1) is 0 Å². The van der Waals surface area contributed by atoms with Gasteiger partial charge in [-0.05, 0) is 50.2 Å². The van der Waals surface area contributed by atoms with Crippen LogP contribution in [0, 0.1) is 0 Å². The van der Waals surface area contributed by atoms with E-state index in [1.165, 1.54) is 64.2 Å². The summed E-state index contributed by atoms with van der Waals surface area (Å²) in [7, 11) is -1.85. The van der Waals surface area contributed by atoms with Gasteiger partial charge in [0.25, 0.3) is 0 Å². The van der Waals surface area contributed by atoms with Gasteiger partial charge in [-0.25, -0.2) is 0 Å². The summed E-state index contributed by atoms with van der Waals surface area (Å²) in [5.41, 5.74) is 0. The second-order valence-corrected chi connectivity index (χ2v) is 17.0. The molecule has 0 aromatic rings. The molecule has 5 atom stereocenters. The monoisotopic (exact) mass is 484 g/mol. The van der Waals surface area contributed by atoms with E-state index in [0.29, 0.717) is 0 Å². The fourth-order valence-electron chi connectivity index (χ4n) is 5.09. The highest BCUT2D eigenvalue weighted by atomic mass is 28.4. The fourth-order valence-corrected chi connectivity index (χ4v) is 6.47. The molecule has 2 saturated heterocycles. The number of aliphatic hydroxyl groups is 1. The molecule has 4 nitrogen and oxygen atoms in total. The van der Waals surface area contributed by atoms with Gasteiger partial charge >= 0.3 is 0 Å². The highest BCUT2D eigenvalue weighted by Gasteiger charge is 2.44. The normalized spacial score (nSPS) is 27.4.